The van der Waals surface area contributed by atoms with Crippen LogP contribution in [0.15, 0.2) is 66.9 Å². The van der Waals surface area contributed by atoms with Crippen molar-refractivity contribution in [2.45, 2.75) is 55.9 Å². The predicted molar refractivity (Wildman–Crippen MR) is 141 cm³/mol. The molecule has 0 radical (unpaired) electrons. The Morgan fingerprint density at radius 3 is 2.49 bits per heavy atom. The molecule has 1 aliphatic carbocycles. The second-order valence-electron chi connectivity index (χ2n) is 9.27. The van der Waals surface area contributed by atoms with Gasteiger partial charge in [0.15, 0.2) is 0 Å². The number of ether oxygens (including phenoxy) is 1. The monoisotopic (exact) mass is 661 g/mol. The van der Waals surface area contributed by atoms with Gasteiger partial charge in [0.05, 0.1) is 17.8 Å². The maximum absolute atomic E-state index is 14.9. The van der Waals surface area contributed by atoms with Crippen LogP contribution in [0.3, 0.4) is 0 Å². The van der Waals surface area contributed by atoms with E-state index in [4.69, 9.17) is 0 Å². The number of benzene rings is 2. The highest BCUT2D eigenvalue weighted by atomic mass is 127. The van der Waals surface area contributed by atoms with Gasteiger partial charge in [-0.05, 0) is 77.2 Å². The first kappa shape index (κ1) is 29.0. The van der Waals surface area contributed by atoms with Gasteiger partial charge < -0.3 is 20.5 Å². The molecule has 1 aliphatic rings. The number of amides is 2. The fourth-order valence-corrected chi connectivity index (χ4v) is 4.95. The van der Waals surface area contributed by atoms with Crippen LogP contribution in [-0.2, 0) is 12.0 Å². The van der Waals surface area contributed by atoms with Crippen molar-refractivity contribution in [3.63, 3.8) is 0 Å². The molecular weight excluding hydrogens is 636 g/mol. The van der Waals surface area contributed by atoms with Gasteiger partial charge in [-0.3, -0.25) is 4.98 Å². The zero-order valence-electron chi connectivity index (χ0n) is 20.4. The van der Waals surface area contributed by atoms with Crippen LogP contribution >= 0.6 is 22.6 Å². The van der Waals surface area contributed by atoms with E-state index in [0.717, 1.165) is 15.7 Å². The van der Waals surface area contributed by atoms with Crippen molar-refractivity contribution in [1.29, 1.82) is 0 Å². The molecule has 1 saturated carbocycles. The molecule has 0 bridgehead atoms. The number of aliphatic hydroxyl groups excluding tert-OH is 1. The maximum atomic E-state index is 14.9. The molecular formula is C27H25F5IN3O3. The van der Waals surface area contributed by atoms with Crippen LogP contribution in [0, 0.1) is 9.39 Å². The highest BCUT2D eigenvalue weighted by Gasteiger charge is 2.45. The topological polar surface area (TPSA) is 83.5 Å². The lowest BCUT2D eigenvalue weighted by Crippen LogP contribution is -2.55. The lowest BCUT2D eigenvalue weighted by Gasteiger charge is -2.36. The van der Waals surface area contributed by atoms with Crippen LogP contribution in [-0.4, -0.2) is 40.8 Å². The number of aromatic nitrogens is 1. The van der Waals surface area contributed by atoms with E-state index >= 15 is 0 Å². The van der Waals surface area contributed by atoms with Crippen LogP contribution in [0.5, 0.6) is 5.75 Å². The van der Waals surface area contributed by atoms with Crippen LogP contribution < -0.4 is 15.4 Å². The van der Waals surface area contributed by atoms with E-state index in [0.29, 0.717) is 30.9 Å². The van der Waals surface area contributed by atoms with E-state index in [9.17, 15) is 31.9 Å². The van der Waals surface area contributed by atoms with Crippen molar-refractivity contribution in [3.05, 3.63) is 93.1 Å². The third-order valence-corrected chi connectivity index (χ3v) is 7.11. The molecule has 3 aromatic rings. The summed E-state index contributed by atoms with van der Waals surface area (Å²) in [5.41, 5.74) is -0.836. The maximum Gasteiger partial charge on any atom is 0.461 e. The fraction of sp³-hybridized carbons (Fsp3) is 0.333. The Labute approximate surface area is 235 Å². The molecule has 2 aromatic carbocycles. The Hall–Kier alpha value is -3.00. The number of pyridine rings is 1. The Bertz CT molecular complexity index is 1280. The molecule has 208 valence electrons. The Morgan fingerprint density at radius 2 is 1.87 bits per heavy atom. The summed E-state index contributed by atoms with van der Waals surface area (Å²) in [6.07, 6.45) is -6.52. The molecule has 0 saturated heterocycles. The van der Waals surface area contributed by atoms with Crippen molar-refractivity contribution in [2.75, 3.05) is 0 Å². The van der Waals surface area contributed by atoms with Gasteiger partial charge in [-0.2, -0.15) is 17.6 Å². The number of carbonyl (C=O) groups is 1. The van der Waals surface area contributed by atoms with Gasteiger partial charge in [-0.15, -0.1) is 0 Å². The van der Waals surface area contributed by atoms with Crippen molar-refractivity contribution in [3.8, 4) is 5.75 Å². The number of halogens is 6. The summed E-state index contributed by atoms with van der Waals surface area (Å²) in [4.78, 5) is 17.8. The highest BCUT2D eigenvalue weighted by molar-refractivity contribution is 14.1. The van der Waals surface area contributed by atoms with E-state index in [1.807, 2.05) is 22.6 Å². The predicted octanol–water partition coefficient (Wildman–Crippen LogP) is 5.76. The number of carbonyl (C=O) groups excluding carboxylic acids is 1. The molecule has 1 fully saturated rings. The van der Waals surface area contributed by atoms with Crippen molar-refractivity contribution >= 4 is 28.6 Å². The molecule has 0 aliphatic heterocycles. The van der Waals surface area contributed by atoms with Crippen molar-refractivity contribution < 1.29 is 36.6 Å². The third-order valence-electron chi connectivity index (χ3n) is 6.47. The minimum Gasteiger partial charge on any atom is -0.428 e. The first-order valence-electron chi connectivity index (χ1n) is 12.1. The molecule has 4 rings (SSSR count). The fourth-order valence-electron chi connectivity index (χ4n) is 4.63. The van der Waals surface area contributed by atoms with Gasteiger partial charge in [-0.1, -0.05) is 30.3 Å². The van der Waals surface area contributed by atoms with Gasteiger partial charge in [0.1, 0.15) is 17.1 Å². The number of nitrogens with zero attached hydrogens (tertiary/aromatic N) is 1. The summed E-state index contributed by atoms with van der Waals surface area (Å²) in [7, 11) is 0. The molecule has 3 N–H and O–H groups in total. The smallest absolute Gasteiger partial charge is 0.428 e. The minimum atomic E-state index is -4.88. The van der Waals surface area contributed by atoms with Crippen molar-refractivity contribution in [1.82, 2.24) is 15.6 Å². The number of hydrogen-bond donors (Lipinski definition) is 3. The number of alkyl halides is 4. The zero-order chi connectivity index (χ0) is 28.2. The second-order valence-corrected chi connectivity index (χ2v) is 10.5. The van der Waals surface area contributed by atoms with E-state index in [1.165, 1.54) is 6.20 Å². The van der Waals surface area contributed by atoms with E-state index < -0.39 is 47.8 Å². The third kappa shape index (κ3) is 6.96. The van der Waals surface area contributed by atoms with E-state index in [-0.39, 0.29) is 17.7 Å². The number of nitrogens with one attached hydrogen (secondary N) is 2. The van der Waals surface area contributed by atoms with E-state index in [1.54, 1.807) is 42.5 Å². The molecule has 3 atom stereocenters. The number of rotatable bonds is 9. The number of hydrogen-bond acceptors (Lipinski definition) is 4. The Balaban J connectivity index is 1.86. The second kappa shape index (κ2) is 12.0. The molecule has 39 heavy (non-hydrogen) atoms. The van der Waals surface area contributed by atoms with Gasteiger partial charge in [0.25, 0.3) is 0 Å². The first-order chi connectivity index (χ1) is 18.5. The molecule has 2 amide bonds. The van der Waals surface area contributed by atoms with Crippen LogP contribution in [0.4, 0.5) is 26.7 Å². The largest absolute Gasteiger partial charge is 0.461 e. The Morgan fingerprint density at radius 1 is 1.13 bits per heavy atom. The van der Waals surface area contributed by atoms with Crippen molar-refractivity contribution in [2.24, 2.45) is 0 Å². The van der Waals surface area contributed by atoms with Crippen LogP contribution in [0.2, 0.25) is 0 Å². The van der Waals surface area contributed by atoms with Crippen LogP contribution in [0.25, 0.3) is 0 Å². The molecule has 6 nitrogen and oxygen atoms in total. The molecule has 0 spiro atoms. The number of urea groups is 1. The summed E-state index contributed by atoms with van der Waals surface area (Å²) in [6, 6.07) is 13.4. The normalized spacial score (nSPS) is 19.0. The van der Waals surface area contributed by atoms with Gasteiger partial charge >= 0.3 is 18.6 Å². The summed E-state index contributed by atoms with van der Waals surface area (Å²) >= 11 is 2.03. The lowest BCUT2D eigenvalue weighted by atomic mass is 9.80. The molecule has 12 heteroatoms. The SMILES string of the molecule is O=C(NC1CCC[C@H]1O)N[C@@](Cc1ccccc1)(c1cc(F)cc(OC(F)(F)C(F)F)c1)c1ccc(I)cn1. The average Bonchev–Trinajstić information content (AvgIpc) is 3.27. The summed E-state index contributed by atoms with van der Waals surface area (Å²) in [6.45, 7) is 0. The average molecular weight is 661 g/mol. The summed E-state index contributed by atoms with van der Waals surface area (Å²) in [5.74, 6) is -1.91. The zero-order valence-corrected chi connectivity index (χ0v) is 22.5. The van der Waals surface area contributed by atoms with Gasteiger partial charge in [0.2, 0.25) is 0 Å². The summed E-state index contributed by atoms with van der Waals surface area (Å²) < 4.78 is 73.1. The van der Waals surface area contributed by atoms with Gasteiger partial charge in [0, 0.05) is 22.3 Å². The first-order valence-corrected chi connectivity index (χ1v) is 13.1. The molecule has 1 aromatic heterocycles. The summed E-state index contributed by atoms with van der Waals surface area (Å²) in [5, 5.41) is 15.8. The standard InChI is InChI=1S/C27H25F5IN3O3/c28-18-11-17(12-20(13-18)39-27(31,32)24(29)30)26(14-16-5-2-1-3-6-16,23-10-9-19(33)15-34-23)36-25(38)35-21-7-4-8-22(21)37/h1-3,5-6,9-13,15,21-22,24,37H,4,7-8,14H2,(H2,35,36,38)/t21?,22-,26+/m1/s1. The lowest BCUT2D eigenvalue weighted by molar-refractivity contribution is -0.253. The van der Waals surface area contributed by atoms with Crippen LogP contribution in [0.1, 0.15) is 36.1 Å². The van der Waals surface area contributed by atoms with Gasteiger partial charge in [-0.25, -0.2) is 9.18 Å². The minimum absolute atomic E-state index is 0.0177. The molecule has 1 heterocycles. The molecule has 1 unspecified atom stereocenters. The highest BCUT2D eigenvalue weighted by Crippen LogP contribution is 2.37. The quantitative estimate of drug-likeness (QED) is 0.201. The number of aliphatic hydroxyl groups is 1. The van der Waals surface area contributed by atoms with E-state index in [2.05, 4.69) is 20.4 Å². The Kier molecular flexibility index (Phi) is 8.94.